The van der Waals surface area contributed by atoms with Crippen molar-refractivity contribution in [1.82, 2.24) is 10.3 Å². The number of rotatable bonds is 4. The van der Waals surface area contributed by atoms with Gasteiger partial charge < -0.3 is 10.1 Å². The first-order valence-electron chi connectivity index (χ1n) is 4.51. The zero-order valence-electron chi connectivity index (χ0n) is 8.45. The van der Waals surface area contributed by atoms with Crippen LogP contribution in [0.2, 0.25) is 0 Å². The van der Waals surface area contributed by atoms with Gasteiger partial charge in [0.1, 0.15) is 0 Å². The molecule has 3 nitrogen and oxygen atoms in total. The van der Waals surface area contributed by atoms with E-state index in [9.17, 15) is 0 Å². The minimum absolute atomic E-state index is 0.136. The van der Waals surface area contributed by atoms with Crippen LogP contribution in [-0.2, 0) is 0 Å². The topological polar surface area (TPSA) is 34.2 Å². The van der Waals surface area contributed by atoms with Gasteiger partial charge in [0.05, 0.1) is 13.2 Å². The molecule has 1 N–H and O–H groups in total. The highest BCUT2D eigenvalue weighted by Crippen LogP contribution is 2.21. The minimum Gasteiger partial charge on any atom is -0.481 e. The first-order valence-corrected chi connectivity index (χ1v) is 4.51. The Hall–Kier alpha value is -1.53. The number of hydrogen-bond donors (Lipinski definition) is 1. The molecule has 1 unspecified atom stereocenters. The summed E-state index contributed by atoms with van der Waals surface area (Å²) in [6.45, 7) is 2.82. The SMILES string of the molecule is C#CC(NCC)c1cccnc1OC. The Labute approximate surface area is 84.5 Å². The smallest absolute Gasteiger partial charge is 0.218 e. The van der Waals surface area contributed by atoms with E-state index >= 15 is 0 Å². The van der Waals surface area contributed by atoms with Crippen LogP contribution in [0.4, 0.5) is 0 Å². The van der Waals surface area contributed by atoms with Crippen molar-refractivity contribution in [2.24, 2.45) is 0 Å². The Morgan fingerprint density at radius 2 is 2.50 bits per heavy atom. The Bertz CT molecular complexity index is 330. The second-order valence-electron chi connectivity index (χ2n) is 2.76. The zero-order chi connectivity index (χ0) is 10.4. The summed E-state index contributed by atoms with van der Waals surface area (Å²) in [5, 5.41) is 3.17. The first-order chi connectivity index (χ1) is 6.83. The molecule has 1 atom stereocenters. The second kappa shape index (κ2) is 5.25. The summed E-state index contributed by atoms with van der Waals surface area (Å²) >= 11 is 0. The largest absolute Gasteiger partial charge is 0.481 e. The van der Waals surface area contributed by atoms with E-state index in [4.69, 9.17) is 11.2 Å². The van der Waals surface area contributed by atoms with Crippen LogP contribution in [0.5, 0.6) is 5.88 Å². The second-order valence-corrected chi connectivity index (χ2v) is 2.76. The maximum absolute atomic E-state index is 5.42. The summed E-state index contributed by atoms with van der Waals surface area (Å²) < 4.78 is 5.13. The number of nitrogens with one attached hydrogen (secondary N) is 1. The third-order valence-electron chi connectivity index (χ3n) is 1.88. The van der Waals surface area contributed by atoms with E-state index in [2.05, 4.69) is 16.2 Å². The van der Waals surface area contributed by atoms with E-state index in [-0.39, 0.29) is 6.04 Å². The van der Waals surface area contributed by atoms with Gasteiger partial charge in [-0.1, -0.05) is 12.8 Å². The van der Waals surface area contributed by atoms with Crippen LogP contribution in [0, 0.1) is 12.3 Å². The normalized spacial score (nSPS) is 11.8. The third kappa shape index (κ3) is 2.24. The van der Waals surface area contributed by atoms with E-state index < -0.39 is 0 Å². The Morgan fingerprint density at radius 3 is 3.07 bits per heavy atom. The zero-order valence-corrected chi connectivity index (χ0v) is 8.45. The van der Waals surface area contributed by atoms with Crippen molar-refractivity contribution in [3.05, 3.63) is 23.9 Å². The number of pyridine rings is 1. The van der Waals surface area contributed by atoms with Gasteiger partial charge in [-0.3, -0.25) is 0 Å². The highest BCUT2D eigenvalue weighted by Gasteiger charge is 2.12. The number of aromatic nitrogens is 1. The van der Waals surface area contributed by atoms with Crippen molar-refractivity contribution in [1.29, 1.82) is 0 Å². The molecular formula is C11H14N2O. The molecule has 1 rings (SSSR count). The molecule has 0 fully saturated rings. The van der Waals surface area contributed by atoms with Gasteiger partial charge >= 0.3 is 0 Å². The van der Waals surface area contributed by atoms with Gasteiger partial charge in [-0.05, 0) is 18.7 Å². The van der Waals surface area contributed by atoms with E-state index in [0.29, 0.717) is 5.88 Å². The number of nitrogens with zero attached hydrogens (tertiary/aromatic N) is 1. The van der Waals surface area contributed by atoms with Crippen molar-refractivity contribution < 1.29 is 4.74 Å². The molecule has 0 amide bonds. The van der Waals surface area contributed by atoms with Gasteiger partial charge in [0, 0.05) is 11.8 Å². The van der Waals surface area contributed by atoms with E-state index in [1.807, 2.05) is 19.1 Å². The molecule has 0 aliphatic heterocycles. The molecule has 0 spiro atoms. The average Bonchev–Trinajstić information content (AvgIpc) is 2.26. The molecule has 0 aliphatic carbocycles. The number of ether oxygens (including phenoxy) is 1. The summed E-state index contributed by atoms with van der Waals surface area (Å²) in [6, 6.07) is 3.63. The first kappa shape index (κ1) is 10.6. The van der Waals surface area contributed by atoms with Crippen LogP contribution in [0.25, 0.3) is 0 Å². The lowest BCUT2D eigenvalue weighted by Gasteiger charge is -2.13. The highest BCUT2D eigenvalue weighted by atomic mass is 16.5. The number of methoxy groups -OCH3 is 1. The average molecular weight is 190 g/mol. The predicted octanol–water partition coefficient (Wildman–Crippen LogP) is 1.37. The molecule has 1 aromatic rings. The maximum Gasteiger partial charge on any atom is 0.218 e. The predicted molar refractivity (Wildman–Crippen MR) is 56.0 cm³/mol. The Morgan fingerprint density at radius 1 is 1.71 bits per heavy atom. The molecule has 14 heavy (non-hydrogen) atoms. The van der Waals surface area contributed by atoms with E-state index in [1.165, 1.54) is 0 Å². The fourth-order valence-corrected chi connectivity index (χ4v) is 1.26. The molecule has 3 heteroatoms. The third-order valence-corrected chi connectivity index (χ3v) is 1.88. The highest BCUT2D eigenvalue weighted by molar-refractivity contribution is 5.33. The van der Waals surface area contributed by atoms with Crippen LogP contribution >= 0.6 is 0 Å². The Kier molecular flexibility index (Phi) is 3.96. The standard InChI is InChI=1S/C11H14N2O/c1-4-10(12-5-2)9-7-6-8-13-11(9)14-3/h1,6-8,10,12H,5H2,2-3H3. The number of hydrogen-bond acceptors (Lipinski definition) is 3. The van der Waals surface area contributed by atoms with Crippen LogP contribution < -0.4 is 10.1 Å². The van der Waals surface area contributed by atoms with Gasteiger partial charge in [-0.25, -0.2) is 4.98 Å². The Balaban J connectivity index is 2.97. The van der Waals surface area contributed by atoms with Crippen molar-refractivity contribution >= 4 is 0 Å². The lowest BCUT2D eigenvalue weighted by Crippen LogP contribution is -2.20. The minimum atomic E-state index is -0.136. The lowest BCUT2D eigenvalue weighted by atomic mass is 10.1. The van der Waals surface area contributed by atoms with E-state index in [0.717, 1.165) is 12.1 Å². The molecule has 0 radical (unpaired) electrons. The van der Waals surface area contributed by atoms with Gasteiger partial charge in [-0.15, -0.1) is 6.42 Å². The van der Waals surface area contributed by atoms with Crippen LogP contribution in [-0.4, -0.2) is 18.6 Å². The van der Waals surface area contributed by atoms with Crippen molar-refractivity contribution in [2.45, 2.75) is 13.0 Å². The summed E-state index contributed by atoms with van der Waals surface area (Å²) in [4.78, 5) is 4.09. The van der Waals surface area contributed by atoms with Crippen molar-refractivity contribution in [3.63, 3.8) is 0 Å². The monoisotopic (exact) mass is 190 g/mol. The fourth-order valence-electron chi connectivity index (χ4n) is 1.26. The van der Waals surface area contributed by atoms with Gasteiger partial charge in [0.15, 0.2) is 0 Å². The summed E-state index contributed by atoms with van der Waals surface area (Å²) in [5.74, 6) is 3.24. The molecular weight excluding hydrogens is 176 g/mol. The summed E-state index contributed by atoms with van der Waals surface area (Å²) in [5.41, 5.74) is 0.902. The van der Waals surface area contributed by atoms with Gasteiger partial charge in [0.2, 0.25) is 5.88 Å². The van der Waals surface area contributed by atoms with Crippen LogP contribution in [0.1, 0.15) is 18.5 Å². The van der Waals surface area contributed by atoms with Crippen LogP contribution in [0.3, 0.4) is 0 Å². The molecule has 0 aliphatic rings. The summed E-state index contributed by atoms with van der Waals surface area (Å²) in [7, 11) is 1.59. The molecule has 1 aromatic heterocycles. The van der Waals surface area contributed by atoms with Crippen molar-refractivity contribution in [2.75, 3.05) is 13.7 Å². The number of terminal acetylenes is 1. The fraction of sp³-hybridized carbons (Fsp3) is 0.364. The molecule has 0 saturated heterocycles. The van der Waals surface area contributed by atoms with E-state index in [1.54, 1.807) is 13.3 Å². The quantitative estimate of drug-likeness (QED) is 0.728. The molecule has 0 bridgehead atoms. The molecule has 74 valence electrons. The van der Waals surface area contributed by atoms with Crippen LogP contribution in [0.15, 0.2) is 18.3 Å². The molecule has 0 saturated carbocycles. The maximum atomic E-state index is 5.42. The van der Waals surface area contributed by atoms with Gasteiger partial charge in [-0.2, -0.15) is 0 Å². The van der Waals surface area contributed by atoms with Gasteiger partial charge in [0.25, 0.3) is 0 Å². The summed E-state index contributed by atoms with van der Waals surface area (Å²) in [6.07, 6.45) is 7.10. The lowest BCUT2D eigenvalue weighted by molar-refractivity contribution is 0.388. The molecule has 0 aromatic carbocycles. The molecule has 1 heterocycles. The van der Waals surface area contributed by atoms with Crippen molar-refractivity contribution in [3.8, 4) is 18.2 Å².